The van der Waals surface area contributed by atoms with Crippen LogP contribution >= 0.6 is 0 Å². The first-order valence-corrected chi connectivity index (χ1v) is 7.28. The normalized spacial score (nSPS) is 16.7. The fourth-order valence-electron chi connectivity index (χ4n) is 2.18. The van der Waals surface area contributed by atoms with E-state index in [0.29, 0.717) is 0 Å². The first-order chi connectivity index (χ1) is 9.22. The van der Waals surface area contributed by atoms with Crippen LogP contribution in [0.5, 0.6) is 0 Å². The molecule has 0 spiro atoms. The van der Waals surface area contributed by atoms with E-state index in [4.69, 9.17) is 0 Å². The summed E-state index contributed by atoms with van der Waals surface area (Å²) < 4.78 is 0. The van der Waals surface area contributed by atoms with Crippen LogP contribution in [0.3, 0.4) is 0 Å². The fraction of sp³-hybridized carbons (Fsp3) is 0.714. The van der Waals surface area contributed by atoms with Crippen LogP contribution in [0, 0.1) is 0 Å². The molecule has 1 fully saturated rings. The van der Waals surface area contributed by atoms with E-state index in [1.54, 1.807) is 0 Å². The Kier molecular flexibility index (Phi) is 4.96. The molecule has 0 unspecified atom stereocenters. The van der Waals surface area contributed by atoms with E-state index in [1.807, 2.05) is 0 Å². The van der Waals surface area contributed by atoms with Gasteiger partial charge in [-0.1, -0.05) is 13.8 Å². The van der Waals surface area contributed by atoms with Crippen molar-refractivity contribution >= 4 is 11.6 Å². The molecule has 0 atom stereocenters. The van der Waals surface area contributed by atoms with Crippen LogP contribution in [0.4, 0.5) is 11.6 Å². The molecule has 1 N–H and O–H groups in total. The fourth-order valence-corrected chi connectivity index (χ4v) is 2.18. The van der Waals surface area contributed by atoms with Gasteiger partial charge in [-0.15, -0.1) is 0 Å². The van der Waals surface area contributed by atoms with Gasteiger partial charge in [0.05, 0.1) is 0 Å². The van der Waals surface area contributed by atoms with Gasteiger partial charge in [0.15, 0.2) is 0 Å². The molecule has 1 aliphatic heterocycles. The average molecular weight is 263 g/mol. The third-order valence-corrected chi connectivity index (χ3v) is 3.46. The van der Waals surface area contributed by atoms with E-state index >= 15 is 0 Å². The van der Waals surface area contributed by atoms with Gasteiger partial charge in [0.1, 0.15) is 17.5 Å². The van der Waals surface area contributed by atoms with Crippen LogP contribution in [-0.4, -0.2) is 54.6 Å². The molecule has 0 saturated carbocycles. The monoisotopic (exact) mass is 263 g/mol. The predicted octanol–water partition coefficient (Wildman–Crippen LogP) is 1.61. The number of aryl methyl sites for hydroxylation is 1. The predicted molar refractivity (Wildman–Crippen MR) is 79.9 cm³/mol. The van der Waals surface area contributed by atoms with Gasteiger partial charge in [-0.05, 0) is 13.5 Å². The van der Waals surface area contributed by atoms with Crippen molar-refractivity contribution in [3.63, 3.8) is 0 Å². The smallest absolute Gasteiger partial charge is 0.134 e. The first kappa shape index (κ1) is 14.1. The molecule has 19 heavy (non-hydrogen) atoms. The van der Waals surface area contributed by atoms with Gasteiger partial charge in [0.25, 0.3) is 0 Å². The molecule has 0 radical (unpaired) electrons. The summed E-state index contributed by atoms with van der Waals surface area (Å²) in [5, 5.41) is 3.37. The van der Waals surface area contributed by atoms with Crippen LogP contribution in [-0.2, 0) is 6.42 Å². The zero-order chi connectivity index (χ0) is 13.7. The second-order valence-corrected chi connectivity index (χ2v) is 5.10. The maximum absolute atomic E-state index is 4.66. The Morgan fingerprint density at radius 1 is 1.16 bits per heavy atom. The molecule has 2 rings (SSSR count). The second-order valence-electron chi connectivity index (χ2n) is 5.10. The van der Waals surface area contributed by atoms with E-state index in [1.165, 1.54) is 0 Å². The molecule has 2 heterocycles. The number of hydrogen-bond donors (Lipinski definition) is 1. The third kappa shape index (κ3) is 3.80. The molecule has 1 saturated heterocycles. The Labute approximate surface area is 116 Å². The molecule has 0 aliphatic carbocycles. The number of aromatic nitrogens is 2. The quantitative estimate of drug-likeness (QED) is 0.874. The SMILES string of the molecule is CCCNc1cc(N2CCN(C)CC2)nc(CC)n1. The molecule has 0 aromatic carbocycles. The molecular weight excluding hydrogens is 238 g/mol. The number of nitrogens with zero attached hydrogens (tertiary/aromatic N) is 4. The summed E-state index contributed by atoms with van der Waals surface area (Å²) in [5.74, 6) is 2.95. The highest BCUT2D eigenvalue weighted by Crippen LogP contribution is 2.18. The van der Waals surface area contributed by atoms with Crippen LogP contribution in [0.2, 0.25) is 0 Å². The van der Waals surface area contributed by atoms with E-state index in [2.05, 4.69) is 52.0 Å². The number of hydrogen-bond acceptors (Lipinski definition) is 5. The minimum Gasteiger partial charge on any atom is -0.370 e. The average Bonchev–Trinajstić information content (AvgIpc) is 2.45. The van der Waals surface area contributed by atoms with Crippen molar-refractivity contribution in [2.24, 2.45) is 0 Å². The van der Waals surface area contributed by atoms with Crippen molar-refractivity contribution in [2.45, 2.75) is 26.7 Å². The number of rotatable bonds is 5. The highest BCUT2D eigenvalue weighted by Gasteiger charge is 2.16. The molecule has 5 nitrogen and oxygen atoms in total. The Morgan fingerprint density at radius 2 is 1.89 bits per heavy atom. The van der Waals surface area contributed by atoms with Crippen molar-refractivity contribution in [2.75, 3.05) is 50.0 Å². The summed E-state index contributed by atoms with van der Waals surface area (Å²) in [6, 6.07) is 2.08. The summed E-state index contributed by atoms with van der Waals surface area (Å²) in [5.41, 5.74) is 0. The van der Waals surface area contributed by atoms with Gasteiger partial charge in [-0.25, -0.2) is 9.97 Å². The lowest BCUT2D eigenvalue weighted by Crippen LogP contribution is -2.44. The highest BCUT2D eigenvalue weighted by atomic mass is 15.3. The minimum atomic E-state index is 0.877. The van der Waals surface area contributed by atoms with E-state index in [9.17, 15) is 0 Å². The molecule has 0 amide bonds. The summed E-state index contributed by atoms with van der Waals surface area (Å²) in [4.78, 5) is 13.9. The molecule has 5 heteroatoms. The van der Waals surface area contributed by atoms with Crippen molar-refractivity contribution < 1.29 is 0 Å². The maximum atomic E-state index is 4.66. The third-order valence-electron chi connectivity index (χ3n) is 3.46. The molecular formula is C14H25N5. The number of likely N-dealkylation sites (N-methyl/N-ethyl adjacent to an activating group) is 1. The van der Waals surface area contributed by atoms with Crippen molar-refractivity contribution in [1.29, 1.82) is 0 Å². The van der Waals surface area contributed by atoms with Crippen LogP contribution in [0.1, 0.15) is 26.1 Å². The topological polar surface area (TPSA) is 44.3 Å². The molecule has 1 aromatic heterocycles. The summed E-state index contributed by atoms with van der Waals surface area (Å²) in [6.45, 7) is 9.52. The van der Waals surface area contributed by atoms with Crippen LogP contribution in [0.15, 0.2) is 6.07 Å². The van der Waals surface area contributed by atoms with Gasteiger partial charge in [-0.3, -0.25) is 0 Å². The zero-order valence-electron chi connectivity index (χ0n) is 12.3. The Hall–Kier alpha value is -1.36. The molecule has 1 aromatic rings. The number of anilines is 2. The lowest BCUT2D eigenvalue weighted by atomic mass is 10.3. The van der Waals surface area contributed by atoms with Crippen molar-refractivity contribution in [3.8, 4) is 0 Å². The lowest BCUT2D eigenvalue weighted by molar-refractivity contribution is 0.312. The Morgan fingerprint density at radius 3 is 2.53 bits per heavy atom. The number of nitrogens with one attached hydrogen (secondary N) is 1. The molecule has 1 aliphatic rings. The Bertz CT molecular complexity index is 399. The van der Waals surface area contributed by atoms with Crippen LogP contribution < -0.4 is 10.2 Å². The van der Waals surface area contributed by atoms with Crippen LogP contribution in [0.25, 0.3) is 0 Å². The standard InChI is InChI=1S/C14H25N5/c1-4-6-15-13-11-14(17-12(5-2)16-13)19-9-7-18(3)8-10-19/h11H,4-10H2,1-3H3,(H,15,16,17). The number of piperazine rings is 1. The van der Waals surface area contributed by atoms with Gasteiger partial charge in [-0.2, -0.15) is 0 Å². The Balaban J connectivity index is 2.14. The molecule has 0 bridgehead atoms. The largest absolute Gasteiger partial charge is 0.370 e. The van der Waals surface area contributed by atoms with Crippen molar-refractivity contribution in [3.05, 3.63) is 11.9 Å². The minimum absolute atomic E-state index is 0.877. The van der Waals surface area contributed by atoms with Gasteiger partial charge >= 0.3 is 0 Å². The lowest BCUT2D eigenvalue weighted by Gasteiger charge is -2.33. The zero-order valence-corrected chi connectivity index (χ0v) is 12.3. The summed E-state index contributed by atoms with van der Waals surface area (Å²) >= 11 is 0. The first-order valence-electron chi connectivity index (χ1n) is 7.28. The van der Waals surface area contributed by atoms with Gasteiger partial charge in [0, 0.05) is 45.2 Å². The second kappa shape index (κ2) is 6.70. The van der Waals surface area contributed by atoms with Crippen molar-refractivity contribution in [1.82, 2.24) is 14.9 Å². The van der Waals surface area contributed by atoms with Gasteiger partial charge < -0.3 is 15.1 Å². The van der Waals surface area contributed by atoms with E-state index in [-0.39, 0.29) is 0 Å². The van der Waals surface area contributed by atoms with E-state index < -0.39 is 0 Å². The maximum Gasteiger partial charge on any atom is 0.134 e. The highest BCUT2D eigenvalue weighted by molar-refractivity contribution is 5.49. The summed E-state index contributed by atoms with van der Waals surface area (Å²) in [7, 11) is 2.17. The summed E-state index contributed by atoms with van der Waals surface area (Å²) in [6.07, 6.45) is 1.98. The van der Waals surface area contributed by atoms with E-state index in [0.717, 1.165) is 63.0 Å². The molecule has 106 valence electrons. The van der Waals surface area contributed by atoms with Gasteiger partial charge in [0.2, 0.25) is 0 Å².